The summed E-state index contributed by atoms with van der Waals surface area (Å²) < 4.78 is 26.7. The van der Waals surface area contributed by atoms with Gasteiger partial charge in [0.2, 0.25) is 0 Å². The molecule has 0 aromatic rings. The molecule has 6 heteroatoms. The standard InChI is InChI=1S/C31H47FO5/c1-19(9-8-15-28(4,5)35)24-12-13-25-23-11-10-22-17-31(32,37-21(3)34)18-27(36-20(2)33)30(22,7)26(23)14-16-29(24,25)6/h10-11,19,24-27,35H,8-9,12-18H2,1-7H3/t19-,24-,25+,26+,27?,29-,30+,31?/m1/s1. The Morgan fingerprint density at radius 2 is 1.84 bits per heavy atom. The molecule has 0 radical (unpaired) electrons. The molecule has 0 aromatic heterocycles. The van der Waals surface area contributed by atoms with Gasteiger partial charge in [0.05, 0.1) is 12.0 Å². The molecule has 3 saturated carbocycles. The number of esters is 2. The average molecular weight is 519 g/mol. The molecule has 37 heavy (non-hydrogen) atoms. The third kappa shape index (κ3) is 5.29. The van der Waals surface area contributed by atoms with Gasteiger partial charge in [-0.3, -0.25) is 9.59 Å². The smallest absolute Gasteiger partial charge is 0.305 e. The monoisotopic (exact) mass is 518 g/mol. The number of hydrogen-bond donors (Lipinski definition) is 1. The van der Waals surface area contributed by atoms with E-state index in [4.69, 9.17) is 9.47 Å². The van der Waals surface area contributed by atoms with Crippen LogP contribution in [-0.4, -0.2) is 34.6 Å². The van der Waals surface area contributed by atoms with Crippen molar-refractivity contribution < 1.29 is 28.6 Å². The van der Waals surface area contributed by atoms with Gasteiger partial charge in [-0.1, -0.05) is 56.9 Å². The molecule has 8 atom stereocenters. The summed E-state index contributed by atoms with van der Waals surface area (Å²) in [4.78, 5) is 23.8. The second kappa shape index (κ2) is 9.81. The number of aliphatic hydroxyl groups is 1. The molecule has 0 bridgehead atoms. The van der Waals surface area contributed by atoms with E-state index in [9.17, 15) is 14.7 Å². The number of ether oxygens (including phenoxy) is 2. The minimum atomic E-state index is -2.16. The first-order valence-corrected chi connectivity index (χ1v) is 14.3. The SMILES string of the molecule is CC(=O)OC1CC(F)(OC(C)=O)CC2=CC=C3[C@@H]4CC[C@H]([C@H](C)CCCC(C)(C)O)[C@@]4(C)CC[C@@H]3[C@]21C. The summed E-state index contributed by atoms with van der Waals surface area (Å²) in [5, 5.41) is 10.1. The quantitative estimate of drug-likeness (QED) is 0.374. The van der Waals surface area contributed by atoms with Crippen molar-refractivity contribution >= 4 is 11.9 Å². The van der Waals surface area contributed by atoms with Crippen molar-refractivity contribution in [3.63, 3.8) is 0 Å². The van der Waals surface area contributed by atoms with Crippen molar-refractivity contribution in [1.29, 1.82) is 0 Å². The number of allylic oxidation sites excluding steroid dienone is 3. The lowest BCUT2D eigenvalue weighted by atomic mass is 9.49. The van der Waals surface area contributed by atoms with Crippen LogP contribution < -0.4 is 0 Å². The van der Waals surface area contributed by atoms with Crippen molar-refractivity contribution in [3.8, 4) is 0 Å². The predicted molar refractivity (Wildman–Crippen MR) is 141 cm³/mol. The Morgan fingerprint density at radius 1 is 1.14 bits per heavy atom. The van der Waals surface area contributed by atoms with E-state index < -0.39 is 34.9 Å². The van der Waals surface area contributed by atoms with Crippen LogP contribution in [0.3, 0.4) is 0 Å². The summed E-state index contributed by atoms with van der Waals surface area (Å²) in [7, 11) is 0. The predicted octanol–water partition coefficient (Wildman–Crippen LogP) is 6.83. The highest BCUT2D eigenvalue weighted by Gasteiger charge is 2.62. The number of rotatable bonds is 7. The molecule has 4 rings (SSSR count). The highest BCUT2D eigenvalue weighted by molar-refractivity contribution is 5.67. The fourth-order valence-corrected chi connectivity index (χ4v) is 8.73. The second-order valence-corrected chi connectivity index (χ2v) is 13.6. The molecule has 0 heterocycles. The molecule has 1 N–H and O–H groups in total. The molecular formula is C31H47FO5. The minimum Gasteiger partial charge on any atom is -0.461 e. The summed E-state index contributed by atoms with van der Waals surface area (Å²) in [6.45, 7) is 13.3. The van der Waals surface area contributed by atoms with Crippen molar-refractivity contribution in [3.05, 3.63) is 23.3 Å². The normalized spacial score (nSPS) is 39.9. The van der Waals surface area contributed by atoms with Crippen LogP contribution in [0.25, 0.3) is 0 Å². The summed E-state index contributed by atoms with van der Waals surface area (Å²) in [6, 6.07) is 0. The van der Waals surface area contributed by atoms with Gasteiger partial charge in [-0.25, -0.2) is 0 Å². The highest BCUT2D eigenvalue weighted by atomic mass is 19.2. The van der Waals surface area contributed by atoms with E-state index in [-0.39, 0.29) is 24.2 Å². The molecular weight excluding hydrogens is 471 g/mol. The van der Waals surface area contributed by atoms with Gasteiger partial charge in [0.1, 0.15) is 6.10 Å². The van der Waals surface area contributed by atoms with Crippen molar-refractivity contribution in [2.45, 2.75) is 124 Å². The topological polar surface area (TPSA) is 72.8 Å². The lowest BCUT2D eigenvalue weighted by Gasteiger charge is -2.57. The van der Waals surface area contributed by atoms with Crippen LogP contribution in [0.15, 0.2) is 23.3 Å². The van der Waals surface area contributed by atoms with Crippen LogP contribution in [0.2, 0.25) is 0 Å². The third-order valence-electron chi connectivity index (χ3n) is 10.5. The van der Waals surface area contributed by atoms with Gasteiger partial charge in [0.15, 0.2) is 0 Å². The molecule has 0 saturated heterocycles. The molecule has 0 amide bonds. The van der Waals surface area contributed by atoms with Crippen LogP contribution in [0.4, 0.5) is 4.39 Å². The summed E-state index contributed by atoms with van der Waals surface area (Å²) >= 11 is 0. The summed E-state index contributed by atoms with van der Waals surface area (Å²) in [5.41, 5.74) is 1.40. The molecule has 0 spiro atoms. The zero-order chi connectivity index (χ0) is 27.4. The molecule has 0 aromatic carbocycles. The first kappa shape index (κ1) is 28.3. The molecule has 3 fully saturated rings. The van der Waals surface area contributed by atoms with Gasteiger partial charge in [0.25, 0.3) is 5.85 Å². The number of alkyl halides is 1. The van der Waals surface area contributed by atoms with Crippen molar-refractivity contribution in [1.82, 2.24) is 0 Å². The second-order valence-electron chi connectivity index (χ2n) is 13.6. The lowest BCUT2D eigenvalue weighted by Crippen LogP contribution is -2.56. The molecule has 4 aliphatic rings. The number of hydrogen-bond acceptors (Lipinski definition) is 5. The maximum Gasteiger partial charge on any atom is 0.305 e. The van der Waals surface area contributed by atoms with Crippen LogP contribution in [0, 0.1) is 34.5 Å². The molecule has 5 nitrogen and oxygen atoms in total. The Labute approximate surface area is 222 Å². The highest BCUT2D eigenvalue weighted by Crippen LogP contribution is 2.67. The maximum atomic E-state index is 15.8. The Balaban J connectivity index is 1.61. The zero-order valence-electron chi connectivity index (χ0n) is 23.9. The minimum absolute atomic E-state index is 0.0178. The van der Waals surface area contributed by atoms with E-state index in [1.807, 2.05) is 19.9 Å². The fraction of sp³-hybridized carbons (Fsp3) is 0.806. The Morgan fingerprint density at radius 3 is 2.46 bits per heavy atom. The van der Waals surface area contributed by atoms with Gasteiger partial charge in [-0.05, 0) is 75.0 Å². The third-order valence-corrected chi connectivity index (χ3v) is 10.5. The van der Waals surface area contributed by atoms with Gasteiger partial charge >= 0.3 is 11.9 Å². The van der Waals surface area contributed by atoms with Crippen LogP contribution in [0.1, 0.15) is 106 Å². The van der Waals surface area contributed by atoms with Gasteiger partial charge in [0, 0.05) is 25.7 Å². The lowest BCUT2D eigenvalue weighted by molar-refractivity contribution is -0.209. The number of carbonyl (C=O) groups is 2. The first-order valence-electron chi connectivity index (χ1n) is 14.3. The zero-order valence-corrected chi connectivity index (χ0v) is 23.9. The first-order chi connectivity index (χ1) is 17.1. The Kier molecular flexibility index (Phi) is 7.51. The fourth-order valence-electron chi connectivity index (χ4n) is 8.73. The van der Waals surface area contributed by atoms with E-state index in [0.717, 1.165) is 44.1 Å². The largest absolute Gasteiger partial charge is 0.461 e. The van der Waals surface area contributed by atoms with E-state index in [2.05, 4.69) is 26.8 Å². The van der Waals surface area contributed by atoms with Crippen LogP contribution in [-0.2, 0) is 19.1 Å². The Hall–Kier alpha value is -1.69. The summed E-state index contributed by atoms with van der Waals surface area (Å²) in [6.07, 6.45) is 10.9. The van der Waals surface area contributed by atoms with Crippen LogP contribution >= 0.6 is 0 Å². The van der Waals surface area contributed by atoms with Gasteiger partial charge in [-0.15, -0.1) is 0 Å². The number of halogens is 1. The van der Waals surface area contributed by atoms with E-state index >= 15 is 4.39 Å². The average Bonchev–Trinajstić information content (AvgIpc) is 3.10. The maximum absolute atomic E-state index is 15.8. The van der Waals surface area contributed by atoms with Crippen molar-refractivity contribution in [2.75, 3.05) is 0 Å². The van der Waals surface area contributed by atoms with Gasteiger partial charge in [-0.2, -0.15) is 4.39 Å². The molecule has 2 unspecified atom stereocenters. The van der Waals surface area contributed by atoms with Gasteiger partial charge < -0.3 is 14.6 Å². The van der Waals surface area contributed by atoms with E-state index in [0.29, 0.717) is 17.8 Å². The number of carbonyl (C=O) groups excluding carboxylic acids is 2. The molecule has 0 aliphatic heterocycles. The molecule has 4 aliphatic carbocycles. The number of fused-ring (bicyclic) bond motifs is 5. The van der Waals surface area contributed by atoms with E-state index in [1.54, 1.807) is 0 Å². The molecule has 208 valence electrons. The van der Waals surface area contributed by atoms with E-state index in [1.165, 1.54) is 25.8 Å². The van der Waals surface area contributed by atoms with Crippen molar-refractivity contribution in [2.24, 2.45) is 34.5 Å². The summed E-state index contributed by atoms with van der Waals surface area (Å²) in [5.74, 6) is -1.38. The van der Waals surface area contributed by atoms with Crippen LogP contribution in [0.5, 0.6) is 0 Å². The Bertz CT molecular complexity index is 979.